The zero-order valence-electron chi connectivity index (χ0n) is 6.34. The highest BCUT2D eigenvalue weighted by Crippen LogP contribution is 2.21. The lowest BCUT2D eigenvalue weighted by atomic mass is 10.1. The number of aliphatic hydroxyl groups excluding tert-OH is 1. The van der Waals surface area contributed by atoms with E-state index in [0.717, 1.165) is 0 Å². The Kier molecular flexibility index (Phi) is 3.40. The molecule has 1 rings (SSSR count). The first kappa shape index (κ1) is 9.86. The van der Waals surface area contributed by atoms with Crippen LogP contribution >= 0.6 is 9.47 Å². The Morgan fingerprint density at radius 3 is 2.83 bits per heavy atom. The molecule has 0 saturated carbocycles. The van der Waals surface area contributed by atoms with Gasteiger partial charge in [0.15, 0.2) is 12.4 Å². The predicted octanol–water partition coefficient (Wildman–Crippen LogP) is -0.822. The molecule has 1 fully saturated rings. The Balaban J connectivity index is 2.51. The predicted molar refractivity (Wildman–Crippen MR) is 41.9 cm³/mol. The fourth-order valence-corrected chi connectivity index (χ4v) is 1.29. The molecule has 0 bridgehead atoms. The maximum atomic E-state index is 10.8. The van der Waals surface area contributed by atoms with Crippen LogP contribution in [0.3, 0.4) is 0 Å². The third kappa shape index (κ3) is 2.38. The van der Waals surface area contributed by atoms with Gasteiger partial charge in [-0.1, -0.05) is 0 Å². The van der Waals surface area contributed by atoms with Crippen LogP contribution in [-0.4, -0.2) is 34.7 Å². The molecule has 0 spiro atoms. The molecule has 0 aromatic carbocycles. The van der Waals surface area contributed by atoms with Gasteiger partial charge in [-0.3, -0.25) is 4.79 Å². The van der Waals surface area contributed by atoms with Crippen LogP contribution < -0.4 is 0 Å². The zero-order valence-corrected chi connectivity index (χ0v) is 7.50. The lowest BCUT2D eigenvalue weighted by Crippen LogP contribution is -2.40. The minimum absolute atomic E-state index is 0.159. The van der Waals surface area contributed by atoms with Crippen LogP contribution in [0.25, 0.3) is 0 Å². The SMILES string of the molecule is O=C1C[C@H](OP)C[C@@H](C(O)O)O1. The van der Waals surface area contributed by atoms with Crippen molar-refractivity contribution in [3.05, 3.63) is 0 Å². The average Bonchev–Trinajstić information content (AvgIpc) is 2.03. The van der Waals surface area contributed by atoms with Gasteiger partial charge in [0.1, 0.15) is 0 Å². The first-order chi connectivity index (χ1) is 5.63. The Labute approximate surface area is 72.0 Å². The smallest absolute Gasteiger partial charge is 0.308 e. The van der Waals surface area contributed by atoms with Gasteiger partial charge in [0.2, 0.25) is 0 Å². The van der Waals surface area contributed by atoms with E-state index in [1.54, 1.807) is 0 Å². The van der Waals surface area contributed by atoms with E-state index in [0.29, 0.717) is 6.42 Å². The van der Waals surface area contributed by atoms with Gasteiger partial charge in [0.05, 0.1) is 12.5 Å². The Morgan fingerprint density at radius 2 is 2.33 bits per heavy atom. The standard InChI is InChI=1S/C6H11O5P/c7-5-2-3(11-12)1-4(10-5)6(8)9/h3-4,6,8-9H,1-2,12H2/t3-,4+/m1/s1. The highest BCUT2D eigenvalue weighted by Gasteiger charge is 2.32. The van der Waals surface area contributed by atoms with Crippen molar-refractivity contribution in [1.29, 1.82) is 0 Å². The number of carbonyl (C=O) groups excluding carboxylic acids is 1. The van der Waals surface area contributed by atoms with Crippen LogP contribution in [0.15, 0.2) is 0 Å². The van der Waals surface area contributed by atoms with Crippen LogP contribution in [0.2, 0.25) is 0 Å². The van der Waals surface area contributed by atoms with E-state index in [1.165, 1.54) is 0 Å². The van der Waals surface area contributed by atoms with Crippen molar-refractivity contribution in [1.82, 2.24) is 0 Å². The van der Waals surface area contributed by atoms with Crippen LogP contribution in [-0.2, 0) is 14.1 Å². The van der Waals surface area contributed by atoms with Gasteiger partial charge in [-0.05, 0) is 0 Å². The molecule has 0 amide bonds. The summed E-state index contributed by atoms with van der Waals surface area (Å²) in [4.78, 5) is 10.8. The Morgan fingerprint density at radius 1 is 1.67 bits per heavy atom. The topological polar surface area (TPSA) is 76.0 Å². The molecular formula is C6H11O5P. The highest BCUT2D eigenvalue weighted by molar-refractivity contribution is 7.09. The molecule has 1 saturated heterocycles. The molecule has 70 valence electrons. The summed E-state index contributed by atoms with van der Waals surface area (Å²) in [5, 5.41) is 17.4. The van der Waals surface area contributed by atoms with E-state index in [-0.39, 0.29) is 12.5 Å². The van der Waals surface area contributed by atoms with Crippen molar-refractivity contribution in [3.8, 4) is 0 Å². The summed E-state index contributed by atoms with van der Waals surface area (Å²) in [7, 11) is 2.04. The second kappa shape index (κ2) is 4.14. The van der Waals surface area contributed by atoms with Crippen molar-refractivity contribution in [3.63, 3.8) is 0 Å². The van der Waals surface area contributed by atoms with E-state index < -0.39 is 18.4 Å². The molecule has 0 aliphatic carbocycles. The lowest BCUT2D eigenvalue weighted by Gasteiger charge is -2.28. The van der Waals surface area contributed by atoms with Gasteiger partial charge in [0, 0.05) is 15.9 Å². The summed E-state index contributed by atoms with van der Waals surface area (Å²) in [5.41, 5.74) is 0. The molecule has 5 nitrogen and oxygen atoms in total. The second-order valence-corrected chi connectivity index (χ2v) is 2.91. The van der Waals surface area contributed by atoms with Crippen LogP contribution in [0.1, 0.15) is 12.8 Å². The molecule has 0 aromatic rings. The minimum Gasteiger partial charge on any atom is -0.457 e. The Hall–Kier alpha value is -0.220. The largest absolute Gasteiger partial charge is 0.457 e. The zero-order chi connectivity index (χ0) is 9.14. The number of carbonyl (C=O) groups is 1. The number of hydrogen-bond donors (Lipinski definition) is 2. The van der Waals surface area contributed by atoms with Gasteiger partial charge in [-0.2, -0.15) is 0 Å². The molecule has 1 heterocycles. The molecule has 1 unspecified atom stereocenters. The van der Waals surface area contributed by atoms with Gasteiger partial charge in [-0.25, -0.2) is 0 Å². The van der Waals surface area contributed by atoms with Gasteiger partial charge < -0.3 is 19.5 Å². The number of hydrogen-bond acceptors (Lipinski definition) is 5. The monoisotopic (exact) mass is 194 g/mol. The molecule has 1 aliphatic rings. The number of aliphatic hydroxyl groups is 2. The summed E-state index contributed by atoms with van der Waals surface area (Å²) < 4.78 is 9.49. The number of cyclic esters (lactones) is 1. The van der Waals surface area contributed by atoms with Crippen molar-refractivity contribution >= 4 is 15.4 Å². The summed E-state index contributed by atoms with van der Waals surface area (Å²) in [5.74, 6) is -0.466. The van der Waals surface area contributed by atoms with Crippen molar-refractivity contribution in [2.45, 2.75) is 31.3 Å². The van der Waals surface area contributed by atoms with E-state index in [4.69, 9.17) is 14.7 Å². The molecular weight excluding hydrogens is 183 g/mol. The van der Waals surface area contributed by atoms with Gasteiger partial charge in [-0.15, -0.1) is 0 Å². The summed E-state index contributed by atoms with van der Waals surface area (Å²) in [6, 6.07) is 0. The van der Waals surface area contributed by atoms with E-state index in [1.807, 2.05) is 9.47 Å². The first-order valence-corrected chi connectivity index (χ1v) is 4.01. The van der Waals surface area contributed by atoms with Gasteiger partial charge >= 0.3 is 5.97 Å². The molecule has 12 heavy (non-hydrogen) atoms. The van der Waals surface area contributed by atoms with E-state index >= 15 is 0 Å². The third-order valence-electron chi connectivity index (χ3n) is 1.70. The minimum atomic E-state index is -1.63. The normalized spacial score (nSPS) is 30.5. The quantitative estimate of drug-likeness (QED) is 0.341. The highest BCUT2D eigenvalue weighted by atomic mass is 31.0. The fourth-order valence-electron chi connectivity index (χ4n) is 1.08. The molecule has 6 heteroatoms. The van der Waals surface area contributed by atoms with Crippen LogP contribution in [0, 0.1) is 0 Å². The van der Waals surface area contributed by atoms with E-state index in [9.17, 15) is 4.79 Å². The summed E-state index contributed by atoms with van der Waals surface area (Å²) in [6.45, 7) is 0. The van der Waals surface area contributed by atoms with Crippen molar-refractivity contribution in [2.24, 2.45) is 0 Å². The molecule has 2 N–H and O–H groups in total. The number of ether oxygens (including phenoxy) is 1. The first-order valence-electron chi connectivity index (χ1n) is 3.54. The summed E-state index contributed by atoms with van der Waals surface area (Å²) >= 11 is 0. The Bertz CT molecular complexity index is 171. The second-order valence-electron chi connectivity index (χ2n) is 2.64. The van der Waals surface area contributed by atoms with Crippen LogP contribution in [0.5, 0.6) is 0 Å². The summed E-state index contributed by atoms with van der Waals surface area (Å²) in [6.07, 6.45) is -2.32. The average molecular weight is 194 g/mol. The maximum Gasteiger partial charge on any atom is 0.308 e. The lowest BCUT2D eigenvalue weighted by molar-refractivity contribution is -0.190. The van der Waals surface area contributed by atoms with Gasteiger partial charge in [0.25, 0.3) is 0 Å². The molecule has 0 radical (unpaired) electrons. The van der Waals surface area contributed by atoms with Crippen molar-refractivity contribution in [2.75, 3.05) is 0 Å². The number of rotatable bonds is 2. The number of esters is 1. The maximum absolute atomic E-state index is 10.8. The molecule has 1 aliphatic heterocycles. The van der Waals surface area contributed by atoms with E-state index in [2.05, 4.69) is 4.74 Å². The third-order valence-corrected chi connectivity index (χ3v) is 2.08. The van der Waals surface area contributed by atoms with Crippen molar-refractivity contribution < 1.29 is 24.3 Å². The van der Waals surface area contributed by atoms with Crippen LogP contribution in [0.4, 0.5) is 0 Å². The fraction of sp³-hybridized carbons (Fsp3) is 0.833. The molecule has 0 aromatic heterocycles. The molecule has 3 atom stereocenters.